The van der Waals surface area contributed by atoms with Crippen molar-refractivity contribution in [2.45, 2.75) is 6.61 Å². The van der Waals surface area contributed by atoms with Crippen molar-refractivity contribution in [2.24, 2.45) is 0 Å². The van der Waals surface area contributed by atoms with Crippen LogP contribution in [0.15, 0.2) is 30.8 Å². The summed E-state index contributed by atoms with van der Waals surface area (Å²) in [5.41, 5.74) is 0.465. The smallest absolute Gasteiger partial charge is 0.387 e. The van der Waals surface area contributed by atoms with Crippen molar-refractivity contribution in [3.8, 4) is 5.75 Å². The van der Waals surface area contributed by atoms with E-state index in [4.69, 9.17) is 0 Å². The van der Waals surface area contributed by atoms with Gasteiger partial charge in [-0.1, -0.05) is 18.7 Å². The highest BCUT2D eigenvalue weighted by atomic mass is 19.3. The zero-order valence-corrected chi connectivity index (χ0v) is 8.57. The average Bonchev–Trinajstić information content (AvgIpc) is 2.26. The average molecular weight is 228 g/mol. The fourth-order valence-electron chi connectivity index (χ4n) is 1.10. The van der Waals surface area contributed by atoms with Gasteiger partial charge in [0.25, 0.3) is 0 Å². The first-order chi connectivity index (χ1) is 7.54. The normalized spacial score (nSPS) is 10.0. The largest absolute Gasteiger partial charge is 0.465 e. The lowest BCUT2D eigenvalue weighted by atomic mass is 10.1. The van der Waals surface area contributed by atoms with Crippen molar-refractivity contribution >= 4 is 11.5 Å². The van der Waals surface area contributed by atoms with Gasteiger partial charge in [0.2, 0.25) is 0 Å². The fraction of sp³-hybridized carbons (Fsp3) is 0.182. The third-order valence-electron chi connectivity index (χ3n) is 1.84. The van der Waals surface area contributed by atoms with Crippen molar-refractivity contribution in [3.63, 3.8) is 0 Å². The van der Waals surface area contributed by atoms with Crippen molar-refractivity contribution in [3.05, 3.63) is 36.4 Å². The zero-order chi connectivity index (χ0) is 12.1. The highest BCUT2D eigenvalue weighted by molar-refractivity contribution is 6.15. The molecule has 1 aromatic rings. The first-order valence-electron chi connectivity index (χ1n) is 4.37. The van der Waals surface area contributed by atoms with Gasteiger partial charge in [-0.15, -0.1) is 0 Å². The van der Waals surface area contributed by atoms with E-state index in [2.05, 4.69) is 16.1 Å². The van der Waals surface area contributed by atoms with Crippen LogP contribution in [0.25, 0.3) is 5.57 Å². The van der Waals surface area contributed by atoms with Gasteiger partial charge in [-0.25, -0.2) is 4.79 Å². The van der Waals surface area contributed by atoms with E-state index < -0.39 is 12.6 Å². The van der Waals surface area contributed by atoms with Crippen molar-refractivity contribution < 1.29 is 23.0 Å². The molecule has 0 saturated carbocycles. The molecule has 0 amide bonds. The molecule has 0 atom stereocenters. The first kappa shape index (κ1) is 12.2. The molecular formula is C11H10F2O3. The van der Waals surface area contributed by atoms with E-state index in [0.717, 1.165) is 0 Å². The molecule has 0 bridgehead atoms. The van der Waals surface area contributed by atoms with Crippen LogP contribution in [0.1, 0.15) is 5.56 Å². The maximum absolute atomic E-state index is 11.9. The highest BCUT2D eigenvalue weighted by Gasteiger charge is 2.11. The number of hydrogen-bond donors (Lipinski definition) is 0. The van der Waals surface area contributed by atoms with Crippen LogP contribution in [0.4, 0.5) is 8.78 Å². The minimum atomic E-state index is -2.90. The lowest BCUT2D eigenvalue weighted by molar-refractivity contribution is -0.133. The van der Waals surface area contributed by atoms with Crippen LogP contribution >= 0.6 is 0 Å². The van der Waals surface area contributed by atoms with E-state index in [1.807, 2.05) is 0 Å². The Morgan fingerprint density at radius 2 is 2.12 bits per heavy atom. The molecule has 5 heteroatoms. The summed E-state index contributed by atoms with van der Waals surface area (Å²) in [6, 6.07) is 5.70. The first-order valence-corrected chi connectivity index (χ1v) is 4.37. The molecule has 0 fully saturated rings. The molecule has 1 aromatic carbocycles. The van der Waals surface area contributed by atoms with Crippen molar-refractivity contribution in [1.29, 1.82) is 0 Å². The number of esters is 1. The summed E-state index contributed by atoms with van der Waals surface area (Å²) in [6.07, 6.45) is 0. The van der Waals surface area contributed by atoms with E-state index in [0.29, 0.717) is 5.56 Å². The number of benzene rings is 1. The number of carbonyl (C=O) groups is 1. The minimum absolute atomic E-state index is 0.0300. The number of alkyl halides is 2. The van der Waals surface area contributed by atoms with Gasteiger partial charge in [0.1, 0.15) is 5.75 Å². The van der Waals surface area contributed by atoms with Crippen LogP contribution in [0, 0.1) is 0 Å². The summed E-state index contributed by atoms with van der Waals surface area (Å²) >= 11 is 0. The van der Waals surface area contributed by atoms with E-state index in [9.17, 15) is 13.6 Å². The van der Waals surface area contributed by atoms with Crippen LogP contribution in [0.2, 0.25) is 0 Å². The molecule has 0 spiro atoms. The fourth-order valence-corrected chi connectivity index (χ4v) is 1.10. The number of halogens is 2. The molecule has 0 aliphatic heterocycles. The van der Waals surface area contributed by atoms with Crippen LogP contribution < -0.4 is 4.74 Å². The van der Waals surface area contributed by atoms with Gasteiger partial charge >= 0.3 is 12.6 Å². The SMILES string of the molecule is C=C(C(=O)OC)c1cccc(OC(F)F)c1. The molecule has 0 radical (unpaired) electrons. The van der Waals surface area contributed by atoms with Crippen molar-refractivity contribution in [2.75, 3.05) is 7.11 Å². The molecular weight excluding hydrogens is 218 g/mol. The maximum Gasteiger partial charge on any atom is 0.387 e. The van der Waals surface area contributed by atoms with Crippen LogP contribution in [0.5, 0.6) is 5.75 Å². The summed E-state index contributed by atoms with van der Waals surface area (Å²) in [7, 11) is 1.22. The Bertz CT molecular complexity index is 402. The van der Waals surface area contributed by atoms with Gasteiger partial charge in [0.15, 0.2) is 0 Å². The standard InChI is InChI=1S/C11H10F2O3/c1-7(10(14)15-2)8-4-3-5-9(6-8)16-11(12)13/h3-6,11H,1H2,2H3. The van der Waals surface area contributed by atoms with Crippen LogP contribution in [-0.2, 0) is 9.53 Å². The minimum Gasteiger partial charge on any atom is -0.465 e. The van der Waals surface area contributed by atoms with Crippen molar-refractivity contribution in [1.82, 2.24) is 0 Å². The van der Waals surface area contributed by atoms with E-state index >= 15 is 0 Å². The predicted molar refractivity (Wildman–Crippen MR) is 54.1 cm³/mol. The molecule has 0 aliphatic rings. The molecule has 0 unspecified atom stereocenters. The number of methoxy groups -OCH3 is 1. The molecule has 0 aliphatic carbocycles. The molecule has 3 nitrogen and oxygen atoms in total. The Kier molecular flexibility index (Phi) is 3.99. The molecule has 0 N–H and O–H groups in total. The van der Waals surface area contributed by atoms with E-state index in [1.54, 1.807) is 6.07 Å². The second kappa shape index (κ2) is 5.25. The third kappa shape index (κ3) is 3.05. The summed E-state index contributed by atoms with van der Waals surface area (Å²) in [5, 5.41) is 0. The predicted octanol–water partition coefficient (Wildman–Crippen LogP) is 2.47. The Morgan fingerprint density at radius 1 is 1.44 bits per heavy atom. The van der Waals surface area contributed by atoms with E-state index in [-0.39, 0.29) is 11.3 Å². The summed E-state index contributed by atoms with van der Waals surface area (Å²) in [4.78, 5) is 11.1. The summed E-state index contributed by atoms with van der Waals surface area (Å²) < 4.78 is 32.5. The number of rotatable bonds is 4. The van der Waals surface area contributed by atoms with Crippen LogP contribution in [-0.4, -0.2) is 19.7 Å². The van der Waals surface area contributed by atoms with Crippen LogP contribution in [0.3, 0.4) is 0 Å². The Morgan fingerprint density at radius 3 is 2.69 bits per heavy atom. The second-order valence-electron chi connectivity index (χ2n) is 2.88. The summed E-state index contributed by atoms with van der Waals surface area (Å²) in [5.74, 6) is -0.647. The zero-order valence-electron chi connectivity index (χ0n) is 8.57. The highest BCUT2D eigenvalue weighted by Crippen LogP contribution is 2.21. The molecule has 1 rings (SSSR count). The number of carbonyl (C=O) groups excluding carboxylic acids is 1. The molecule has 0 heterocycles. The monoisotopic (exact) mass is 228 g/mol. The van der Waals surface area contributed by atoms with Gasteiger partial charge in [0.05, 0.1) is 12.7 Å². The second-order valence-corrected chi connectivity index (χ2v) is 2.88. The number of hydrogen-bond acceptors (Lipinski definition) is 3. The summed E-state index contributed by atoms with van der Waals surface area (Å²) in [6.45, 7) is 0.597. The quantitative estimate of drug-likeness (QED) is 0.586. The van der Waals surface area contributed by atoms with Gasteiger partial charge in [-0.3, -0.25) is 0 Å². The van der Waals surface area contributed by atoms with E-state index in [1.165, 1.54) is 25.3 Å². The molecule has 0 saturated heterocycles. The Labute approximate surface area is 91.3 Å². The molecule has 0 aromatic heterocycles. The maximum atomic E-state index is 11.9. The molecule has 16 heavy (non-hydrogen) atoms. The van der Waals surface area contributed by atoms with Gasteiger partial charge in [-0.05, 0) is 17.7 Å². The Hall–Kier alpha value is -1.91. The van der Waals surface area contributed by atoms with Gasteiger partial charge in [-0.2, -0.15) is 8.78 Å². The molecule has 86 valence electrons. The van der Waals surface area contributed by atoms with Gasteiger partial charge < -0.3 is 9.47 Å². The topological polar surface area (TPSA) is 35.5 Å². The Balaban J connectivity index is 2.90. The van der Waals surface area contributed by atoms with Gasteiger partial charge in [0, 0.05) is 0 Å². The third-order valence-corrected chi connectivity index (χ3v) is 1.84. The lowest BCUT2D eigenvalue weighted by Crippen LogP contribution is -2.04. The lowest BCUT2D eigenvalue weighted by Gasteiger charge is -2.07. The number of ether oxygens (including phenoxy) is 2.